The lowest BCUT2D eigenvalue weighted by atomic mass is 10.0. The summed E-state index contributed by atoms with van der Waals surface area (Å²) in [7, 11) is 1.46. The summed E-state index contributed by atoms with van der Waals surface area (Å²) in [6.07, 6.45) is -0.116. The van der Waals surface area contributed by atoms with Crippen LogP contribution in [0.5, 0.6) is 17.2 Å². The van der Waals surface area contributed by atoms with E-state index >= 15 is 0 Å². The summed E-state index contributed by atoms with van der Waals surface area (Å²) in [5, 5.41) is 0. The molecule has 0 bridgehead atoms. The first-order valence-corrected chi connectivity index (χ1v) is 9.40. The van der Waals surface area contributed by atoms with E-state index in [0.29, 0.717) is 17.1 Å². The molecule has 2 aromatic carbocycles. The van der Waals surface area contributed by atoms with E-state index in [9.17, 15) is 14.4 Å². The first kappa shape index (κ1) is 23.4. The van der Waals surface area contributed by atoms with Crippen molar-refractivity contribution in [2.75, 3.05) is 13.7 Å². The molecule has 0 aliphatic heterocycles. The van der Waals surface area contributed by atoms with Crippen molar-refractivity contribution in [3.63, 3.8) is 0 Å². The van der Waals surface area contributed by atoms with Crippen molar-refractivity contribution in [3.8, 4) is 28.4 Å². The van der Waals surface area contributed by atoms with Gasteiger partial charge in [-0.15, -0.1) is 0 Å². The molecule has 0 aromatic heterocycles. The van der Waals surface area contributed by atoms with Gasteiger partial charge in [0.25, 0.3) is 0 Å². The predicted octanol–water partition coefficient (Wildman–Crippen LogP) is 4.26. The van der Waals surface area contributed by atoms with Crippen molar-refractivity contribution in [1.29, 1.82) is 0 Å². The fourth-order valence-corrected chi connectivity index (χ4v) is 2.37. The van der Waals surface area contributed by atoms with E-state index in [4.69, 9.17) is 18.9 Å². The Bertz CT molecular complexity index is 1000. The van der Waals surface area contributed by atoms with Crippen LogP contribution in [0.4, 0.5) is 0 Å². The highest BCUT2D eigenvalue weighted by Crippen LogP contribution is 2.33. The molecule has 2 aromatic rings. The molecule has 7 heteroatoms. The number of hydrogen-bond donors (Lipinski definition) is 0. The number of carbonyl (C=O) groups is 3. The molecule has 0 fully saturated rings. The van der Waals surface area contributed by atoms with E-state index in [1.807, 2.05) is 0 Å². The Morgan fingerprint density at radius 2 is 1.42 bits per heavy atom. The second-order valence-corrected chi connectivity index (χ2v) is 6.70. The molecule has 31 heavy (non-hydrogen) atoms. The maximum absolute atomic E-state index is 12.1. The Hall–Kier alpha value is -3.87. The van der Waals surface area contributed by atoms with Crippen molar-refractivity contribution in [2.45, 2.75) is 20.3 Å². The number of esters is 3. The predicted molar refractivity (Wildman–Crippen MR) is 115 cm³/mol. The minimum atomic E-state index is -0.577. The summed E-state index contributed by atoms with van der Waals surface area (Å²) < 4.78 is 20.7. The highest BCUT2D eigenvalue weighted by atomic mass is 16.6. The zero-order valence-electron chi connectivity index (χ0n) is 17.7. The van der Waals surface area contributed by atoms with Crippen LogP contribution in [0.25, 0.3) is 11.1 Å². The van der Waals surface area contributed by atoms with Crippen LogP contribution in [0.2, 0.25) is 0 Å². The third kappa shape index (κ3) is 6.85. The molecular weight excluding hydrogens is 400 g/mol. The lowest BCUT2D eigenvalue weighted by molar-refractivity contribution is -0.142. The third-order valence-electron chi connectivity index (χ3n) is 4.02. The van der Waals surface area contributed by atoms with Crippen LogP contribution in [0.3, 0.4) is 0 Å². The summed E-state index contributed by atoms with van der Waals surface area (Å²) in [5.74, 6) is -0.643. The van der Waals surface area contributed by atoms with Gasteiger partial charge in [0.2, 0.25) is 0 Å². The molecule has 0 amide bonds. The van der Waals surface area contributed by atoms with Gasteiger partial charge < -0.3 is 18.9 Å². The monoisotopic (exact) mass is 424 g/mol. The number of carbonyl (C=O) groups excluding carboxylic acids is 3. The van der Waals surface area contributed by atoms with E-state index in [2.05, 4.69) is 13.2 Å². The van der Waals surface area contributed by atoms with Gasteiger partial charge in [0.15, 0.2) is 11.5 Å². The largest absolute Gasteiger partial charge is 0.493 e. The summed E-state index contributed by atoms with van der Waals surface area (Å²) in [4.78, 5) is 35.1. The SMILES string of the molecule is C=C(C)C(=O)OCCC(=O)Oc1cc(-c2ccc(OC(=O)C(=C)C)cc2)ccc1OC. The van der Waals surface area contributed by atoms with Crippen LogP contribution in [-0.2, 0) is 19.1 Å². The fraction of sp³-hybridized carbons (Fsp3) is 0.208. The van der Waals surface area contributed by atoms with Gasteiger partial charge in [-0.05, 0) is 49.2 Å². The molecule has 2 rings (SSSR count). The van der Waals surface area contributed by atoms with Gasteiger partial charge >= 0.3 is 17.9 Å². The number of hydrogen-bond acceptors (Lipinski definition) is 7. The van der Waals surface area contributed by atoms with Gasteiger partial charge in [-0.3, -0.25) is 4.79 Å². The lowest BCUT2D eigenvalue weighted by Gasteiger charge is -2.12. The van der Waals surface area contributed by atoms with Crippen molar-refractivity contribution < 1.29 is 33.3 Å². The Balaban J connectivity index is 2.10. The number of ether oxygens (including phenoxy) is 4. The first-order valence-electron chi connectivity index (χ1n) is 9.40. The molecule has 0 radical (unpaired) electrons. The number of methoxy groups -OCH3 is 1. The molecule has 162 valence electrons. The number of rotatable bonds is 9. The molecule has 0 aliphatic rings. The molecule has 0 saturated heterocycles. The molecule has 0 saturated carbocycles. The topological polar surface area (TPSA) is 88.1 Å². The van der Waals surface area contributed by atoms with Crippen molar-refractivity contribution in [1.82, 2.24) is 0 Å². The van der Waals surface area contributed by atoms with Gasteiger partial charge in [0, 0.05) is 11.1 Å². The van der Waals surface area contributed by atoms with E-state index in [1.54, 1.807) is 49.4 Å². The Labute approximate surface area is 180 Å². The van der Waals surface area contributed by atoms with E-state index in [0.717, 1.165) is 11.1 Å². The summed E-state index contributed by atoms with van der Waals surface area (Å²) in [6, 6.07) is 12.0. The average Bonchev–Trinajstić information content (AvgIpc) is 2.74. The zero-order chi connectivity index (χ0) is 23.0. The molecule has 0 spiro atoms. The van der Waals surface area contributed by atoms with Gasteiger partial charge in [0.1, 0.15) is 12.4 Å². The Morgan fingerprint density at radius 1 is 0.806 bits per heavy atom. The second kappa shape index (κ2) is 10.8. The van der Waals surface area contributed by atoms with Gasteiger partial charge in [0.05, 0.1) is 13.5 Å². The number of benzene rings is 2. The van der Waals surface area contributed by atoms with Gasteiger partial charge in [-0.2, -0.15) is 0 Å². The molecule has 7 nitrogen and oxygen atoms in total. The maximum Gasteiger partial charge on any atom is 0.338 e. The zero-order valence-corrected chi connectivity index (χ0v) is 17.7. The van der Waals surface area contributed by atoms with Crippen molar-refractivity contribution in [3.05, 3.63) is 66.8 Å². The summed E-state index contributed by atoms with van der Waals surface area (Å²) in [5.41, 5.74) is 2.13. The normalized spacial score (nSPS) is 10.0. The lowest BCUT2D eigenvalue weighted by Crippen LogP contribution is -2.14. The summed E-state index contributed by atoms with van der Waals surface area (Å²) in [6.45, 7) is 10.00. The van der Waals surface area contributed by atoms with Crippen LogP contribution in [-0.4, -0.2) is 31.6 Å². The smallest absolute Gasteiger partial charge is 0.338 e. The van der Waals surface area contributed by atoms with Gasteiger partial charge in [-0.1, -0.05) is 31.4 Å². The fourth-order valence-electron chi connectivity index (χ4n) is 2.37. The average molecular weight is 424 g/mol. The van der Waals surface area contributed by atoms with Crippen LogP contribution in [0.1, 0.15) is 20.3 Å². The molecule has 0 unspecified atom stereocenters. The highest BCUT2D eigenvalue weighted by molar-refractivity contribution is 5.89. The van der Waals surface area contributed by atoms with Crippen LogP contribution >= 0.6 is 0 Å². The second-order valence-electron chi connectivity index (χ2n) is 6.70. The standard InChI is InChI=1S/C24H24O7/c1-15(2)23(26)29-13-12-22(25)31-21-14-18(8-11-20(21)28-5)17-6-9-19(10-7-17)30-24(27)16(3)4/h6-11,14H,1,3,12-13H2,2,4-5H3. The molecule has 0 heterocycles. The Kier molecular flexibility index (Phi) is 8.14. The minimum absolute atomic E-state index is 0.114. The summed E-state index contributed by atoms with van der Waals surface area (Å²) >= 11 is 0. The van der Waals surface area contributed by atoms with Crippen LogP contribution in [0, 0.1) is 0 Å². The third-order valence-corrected chi connectivity index (χ3v) is 4.02. The van der Waals surface area contributed by atoms with Crippen LogP contribution < -0.4 is 14.2 Å². The van der Waals surface area contributed by atoms with E-state index in [-0.39, 0.29) is 24.4 Å². The maximum atomic E-state index is 12.1. The van der Waals surface area contributed by atoms with E-state index < -0.39 is 17.9 Å². The molecule has 0 aliphatic carbocycles. The van der Waals surface area contributed by atoms with Crippen molar-refractivity contribution in [2.24, 2.45) is 0 Å². The minimum Gasteiger partial charge on any atom is -0.493 e. The molecule has 0 atom stereocenters. The van der Waals surface area contributed by atoms with Gasteiger partial charge in [-0.25, -0.2) is 9.59 Å². The highest BCUT2D eigenvalue weighted by Gasteiger charge is 2.14. The quantitative estimate of drug-likeness (QED) is 0.338. The van der Waals surface area contributed by atoms with E-state index in [1.165, 1.54) is 14.0 Å². The van der Waals surface area contributed by atoms with Crippen LogP contribution in [0.15, 0.2) is 66.8 Å². The Morgan fingerprint density at radius 3 is 2.00 bits per heavy atom. The first-order chi connectivity index (χ1) is 14.7. The molecular formula is C24H24O7. The van der Waals surface area contributed by atoms with Crippen molar-refractivity contribution >= 4 is 17.9 Å². The molecule has 0 N–H and O–H groups in total.